The van der Waals surface area contributed by atoms with Gasteiger partial charge in [-0.2, -0.15) is 5.10 Å². The summed E-state index contributed by atoms with van der Waals surface area (Å²) in [6, 6.07) is 6.11. The first-order valence-corrected chi connectivity index (χ1v) is 6.94. The van der Waals surface area contributed by atoms with E-state index in [0.717, 1.165) is 12.0 Å². The molecule has 90 valence electrons. The molecular weight excluding hydrogens is 240 g/mol. The van der Waals surface area contributed by atoms with E-state index in [2.05, 4.69) is 5.10 Å². The molecule has 0 spiro atoms. The van der Waals surface area contributed by atoms with Crippen molar-refractivity contribution in [3.8, 4) is 0 Å². The SMILES string of the molecule is CC1=NN(c2ccc(S(C)(=O)=O)cc2)C(=O)C1. The number of sulfone groups is 1. The molecule has 1 aliphatic heterocycles. The molecular formula is C11H12N2O3S. The van der Waals surface area contributed by atoms with Crippen LogP contribution in [0, 0.1) is 0 Å². The quantitative estimate of drug-likeness (QED) is 0.794. The molecule has 1 aliphatic rings. The van der Waals surface area contributed by atoms with Gasteiger partial charge in [-0.3, -0.25) is 4.79 Å². The number of hydrogen-bond donors (Lipinski definition) is 0. The maximum atomic E-state index is 11.6. The molecule has 2 rings (SSSR count). The zero-order valence-corrected chi connectivity index (χ0v) is 10.4. The van der Waals surface area contributed by atoms with Gasteiger partial charge in [-0.25, -0.2) is 13.4 Å². The smallest absolute Gasteiger partial charge is 0.253 e. The first kappa shape index (κ1) is 11.8. The summed E-state index contributed by atoms with van der Waals surface area (Å²) in [5.74, 6) is -0.102. The molecule has 0 fully saturated rings. The van der Waals surface area contributed by atoms with Crippen LogP contribution in [0.15, 0.2) is 34.3 Å². The lowest BCUT2D eigenvalue weighted by atomic mass is 10.3. The lowest BCUT2D eigenvalue weighted by Crippen LogP contribution is -2.19. The number of nitrogens with zero attached hydrogens (tertiary/aromatic N) is 2. The molecule has 17 heavy (non-hydrogen) atoms. The van der Waals surface area contributed by atoms with Crippen LogP contribution in [-0.4, -0.2) is 26.3 Å². The van der Waals surface area contributed by atoms with Crippen molar-refractivity contribution in [2.45, 2.75) is 18.2 Å². The van der Waals surface area contributed by atoms with E-state index in [1.807, 2.05) is 0 Å². The third-order valence-corrected chi connectivity index (χ3v) is 3.55. The van der Waals surface area contributed by atoms with Gasteiger partial charge in [0.2, 0.25) is 0 Å². The van der Waals surface area contributed by atoms with E-state index < -0.39 is 9.84 Å². The first-order chi connectivity index (χ1) is 7.88. The summed E-state index contributed by atoms with van der Waals surface area (Å²) in [6.07, 6.45) is 1.46. The Labute approximate surface area is 99.7 Å². The summed E-state index contributed by atoms with van der Waals surface area (Å²) in [7, 11) is -3.21. The number of benzene rings is 1. The van der Waals surface area contributed by atoms with E-state index in [1.165, 1.54) is 17.1 Å². The molecule has 6 heteroatoms. The maximum absolute atomic E-state index is 11.6. The molecule has 0 aliphatic carbocycles. The van der Waals surface area contributed by atoms with Crippen LogP contribution >= 0.6 is 0 Å². The van der Waals surface area contributed by atoms with Crippen LogP contribution in [-0.2, 0) is 14.6 Å². The Morgan fingerprint density at radius 1 is 1.24 bits per heavy atom. The van der Waals surface area contributed by atoms with Gasteiger partial charge in [-0.15, -0.1) is 0 Å². The lowest BCUT2D eigenvalue weighted by molar-refractivity contribution is -0.116. The highest BCUT2D eigenvalue weighted by atomic mass is 32.2. The fourth-order valence-electron chi connectivity index (χ4n) is 1.59. The summed E-state index contributed by atoms with van der Waals surface area (Å²) in [5.41, 5.74) is 1.33. The summed E-state index contributed by atoms with van der Waals surface area (Å²) in [6.45, 7) is 1.78. The van der Waals surface area contributed by atoms with Crippen molar-refractivity contribution < 1.29 is 13.2 Å². The second-order valence-electron chi connectivity index (χ2n) is 3.98. The Hall–Kier alpha value is -1.69. The summed E-state index contributed by atoms with van der Waals surface area (Å²) in [4.78, 5) is 11.8. The molecule has 0 radical (unpaired) electrons. The van der Waals surface area contributed by atoms with Crippen LogP contribution in [0.5, 0.6) is 0 Å². The number of carbonyl (C=O) groups is 1. The average molecular weight is 252 g/mol. The normalized spacial score (nSPS) is 16.2. The van der Waals surface area contributed by atoms with E-state index in [-0.39, 0.29) is 10.8 Å². The van der Waals surface area contributed by atoms with Gasteiger partial charge in [-0.05, 0) is 31.2 Å². The third kappa shape index (κ3) is 2.36. The van der Waals surface area contributed by atoms with E-state index in [9.17, 15) is 13.2 Å². The molecule has 0 saturated carbocycles. The lowest BCUT2D eigenvalue weighted by Gasteiger charge is -2.11. The largest absolute Gasteiger partial charge is 0.272 e. The third-order valence-electron chi connectivity index (χ3n) is 2.42. The minimum Gasteiger partial charge on any atom is -0.272 e. The van der Waals surface area contributed by atoms with Crippen LogP contribution in [0.4, 0.5) is 5.69 Å². The minimum atomic E-state index is -3.21. The summed E-state index contributed by atoms with van der Waals surface area (Å²) >= 11 is 0. The predicted molar refractivity (Wildman–Crippen MR) is 64.8 cm³/mol. The fourth-order valence-corrected chi connectivity index (χ4v) is 2.22. The standard InChI is InChI=1S/C11H12N2O3S/c1-8-7-11(14)13(12-8)9-3-5-10(6-4-9)17(2,15)16/h3-6H,7H2,1-2H3. The predicted octanol–water partition coefficient (Wildman–Crippen LogP) is 1.20. The second kappa shape index (κ2) is 3.96. The molecule has 0 atom stereocenters. The van der Waals surface area contributed by atoms with Gasteiger partial charge < -0.3 is 0 Å². The van der Waals surface area contributed by atoms with Crippen LogP contribution < -0.4 is 5.01 Å². The van der Waals surface area contributed by atoms with Crippen LogP contribution in [0.25, 0.3) is 0 Å². The van der Waals surface area contributed by atoms with Crippen LogP contribution in [0.1, 0.15) is 13.3 Å². The fraction of sp³-hybridized carbons (Fsp3) is 0.273. The van der Waals surface area contributed by atoms with Crippen LogP contribution in [0.2, 0.25) is 0 Å². The van der Waals surface area contributed by atoms with Gasteiger partial charge in [0.1, 0.15) is 0 Å². The molecule has 1 aromatic carbocycles. The molecule has 1 aromatic rings. The summed E-state index contributed by atoms with van der Waals surface area (Å²) < 4.78 is 22.5. The molecule has 5 nitrogen and oxygen atoms in total. The molecule has 1 amide bonds. The molecule has 0 bridgehead atoms. The number of hydrogen-bond acceptors (Lipinski definition) is 4. The van der Waals surface area contributed by atoms with Crippen LogP contribution in [0.3, 0.4) is 0 Å². The molecule has 0 saturated heterocycles. The first-order valence-electron chi connectivity index (χ1n) is 5.05. The van der Waals surface area contributed by atoms with Crippen molar-refractivity contribution >= 4 is 27.1 Å². The van der Waals surface area contributed by atoms with Crippen molar-refractivity contribution in [2.24, 2.45) is 5.10 Å². The number of carbonyl (C=O) groups excluding carboxylic acids is 1. The van der Waals surface area contributed by atoms with Crippen molar-refractivity contribution in [3.63, 3.8) is 0 Å². The van der Waals surface area contributed by atoms with Gasteiger partial charge >= 0.3 is 0 Å². The van der Waals surface area contributed by atoms with Crippen molar-refractivity contribution in [1.29, 1.82) is 0 Å². The highest BCUT2D eigenvalue weighted by Crippen LogP contribution is 2.22. The Balaban J connectivity index is 2.34. The highest BCUT2D eigenvalue weighted by molar-refractivity contribution is 7.90. The van der Waals surface area contributed by atoms with E-state index in [4.69, 9.17) is 0 Å². The minimum absolute atomic E-state index is 0.102. The molecule has 0 unspecified atom stereocenters. The monoisotopic (exact) mass is 252 g/mol. The number of rotatable bonds is 2. The molecule has 0 aromatic heterocycles. The Kier molecular flexibility index (Phi) is 2.74. The number of amides is 1. The molecule has 1 heterocycles. The molecule has 0 N–H and O–H groups in total. The second-order valence-corrected chi connectivity index (χ2v) is 6.00. The zero-order chi connectivity index (χ0) is 12.6. The van der Waals surface area contributed by atoms with Gasteiger partial charge in [0, 0.05) is 12.0 Å². The van der Waals surface area contributed by atoms with Gasteiger partial charge in [0.25, 0.3) is 5.91 Å². The summed E-state index contributed by atoms with van der Waals surface area (Å²) in [5, 5.41) is 5.38. The van der Waals surface area contributed by atoms with Gasteiger partial charge in [0.05, 0.1) is 17.0 Å². The zero-order valence-electron chi connectivity index (χ0n) is 9.54. The van der Waals surface area contributed by atoms with Crippen molar-refractivity contribution in [2.75, 3.05) is 11.3 Å². The average Bonchev–Trinajstić information content (AvgIpc) is 2.57. The Morgan fingerprint density at radius 3 is 2.24 bits per heavy atom. The van der Waals surface area contributed by atoms with E-state index in [0.29, 0.717) is 12.1 Å². The Bertz CT molecular complexity index is 588. The topological polar surface area (TPSA) is 66.8 Å². The van der Waals surface area contributed by atoms with Crippen molar-refractivity contribution in [3.05, 3.63) is 24.3 Å². The van der Waals surface area contributed by atoms with Gasteiger partial charge in [0.15, 0.2) is 9.84 Å². The van der Waals surface area contributed by atoms with E-state index in [1.54, 1.807) is 19.1 Å². The Morgan fingerprint density at radius 2 is 1.82 bits per heavy atom. The van der Waals surface area contributed by atoms with E-state index >= 15 is 0 Å². The number of anilines is 1. The van der Waals surface area contributed by atoms with Crippen molar-refractivity contribution in [1.82, 2.24) is 0 Å². The maximum Gasteiger partial charge on any atom is 0.253 e. The van der Waals surface area contributed by atoms with Gasteiger partial charge in [-0.1, -0.05) is 0 Å². The highest BCUT2D eigenvalue weighted by Gasteiger charge is 2.22. The number of hydrazone groups is 1.